The monoisotopic (exact) mass is 377 g/mol. The van der Waals surface area contributed by atoms with Crippen molar-refractivity contribution in [3.05, 3.63) is 27.8 Å². The van der Waals surface area contributed by atoms with E-state index in [9.17, 15) is 19.7 Å². The van der Waals surface area contributed by atoms with E-state index in [0.717, 1.165) is 0 Å². The number of benzene rings is 1. The SMILES string of the molecule is CO[C@]12C(=O)c3cc(NC(=O)OC(C)(C)C)cc([N+](=O)[O-])c3N1C[C@H]1O[C@H]12. The van der Waals surface area contributed by atoms with Crippen LogP contribution in [0.25, 0.3) is 0 Å². The molecule has 2 saturated heterocycles. The second-order valence-electron chi connectivity index (χ2n) is 7.71. The highest BCUT2D eigenvalue weighted by atomic mass is 16.6. The number of rotatable bonds is 3. The van der Waals surface area contributed by atoms with Gasteiger partial charge < -0.3 is 19.1 Å². The third-order valence-corrected chi connectivity index (χ3v) is 4.81. The van der Waals surface area contributed by atoms with E-state index in [1.54, 1.807) is 25.7 Å². The highest BCUT2D eigenvalue weighted by Gasteiger charge is 2.73. The van der Waals surface area contributed by atoms with E-state index in [1.807, 2.05) is 0 Å². The van der Waals surface area contributed by atoms with Crippen LogP contribution < -0.4 is 10.2 Å². The Labute approximate surface area is 154 Å². The van der Waals surface area contributed by atoms with Gasteiger partial charge in [0.2, 0.25) is 11.5 Å². The predicted octanol–water partition coefficient (Wildman–Crippen LogP) is 2.07. The van der Waals surface area contributed by atoms with Gasteiger partial charge in [0.25, 0.3) is 5.69 Å². The molecular weight excluding hydrogens is 358 g/mol. The molecule has 0 spiro atoms. The molecule has 3 atom stereocenters. The fraction of sp³-hybridized carbons (Fsp3) is 0.529. The number of Topliss-reactive ketones (excluding diaryl/α,β-unsaturated/α-hetero) is 1. The zero-order chi connectivity index (χ0) is 19.7. The Morgan fingerprint density at radius 3 is 2.74 bits per heavy atom. The zero-order valence-electron chi connectivity index (χ0n) is 15.3. The second kappa shape index (κ2) is 5.40. The molecule has 0 radical (unpaired) electrons. The van der Waals surface area contributed by atoms with Crippen LogP contribution in [-0.4, -0.2) is 54.0 Å². The summed E-state index contributed by atoms with van der Waals surface area (Å²) in [6, 6.07) is 2.62. The first kappa shape index (κ1) is 17.7. The molecule has 144 valence electrons. The molecule has 10 nitrogen and oxygen atoms in total. The molecule has 1 amide bonds. The maximum atomic E-state index is 13.1. The summed E-state index contributed by atoms with van der Waals surface area (Å²) in [6.45, 7) is 5.43. The third-order valence-electron chi connectivity index (χ3n) is 4.81. The van der Waals surface area contributed by atoms with Gasteiger partial charge in [-0.15, -0.1) is 0 Å². The van der Waals surface area contributed by atoms with Gasteiger partial charge in [0.15, 0.2) is 0 Å². The van der Waals surface area contributed by atoms with Gasteiger partial charge in [-0.25, -0.2) is 4.79 Å². The van der Waals surface area contributed by atoms with Crippen molar-refractivity contribution in [1.29, 1.82) is 0 Å². The molecule has 1 N–H and O–H groups in total. The summed E-state index contributed by atoms with van der Waals surface area (Å²) in [5, 5.41) is 14.1. The summed E-state index contributed by atoms with van der Waals surface area (Å²) in [5.74, 6) is -0.416. The molecule has 0 bridgehead atoms. The van der Waals surface area contributed by atoms with Crippen molar-refractivity contribution in [3.8, 4) is 0 Å². The molecule has 1 aromatic carbocycles. The summed E-state index contributed by atoms with van der Waals surface area (Å²) in [6.07, 6.45) is -1.40. The van der Waals surface area contributed by atoms with E-state index in [4.69, 9.17) is 14.2 Å². The fourth-order valence-electron chi connectivity index (χ4n) is 3.82. The van der Waals surface area contributed by atoms with Crippen LogP contribution in [0.15, 0.2) is 12.1 Å². The predicted molar refractivity (Wildman–Crippen MR) is 93.0 cm³/mol. The minimum absolute atomic E-state index is 0.101. The van der Waals surface area contributed by atoms with Crippen molar-refractivity contribution in [2.45, 2.75) is 44.3 Å². The van der Waals surface area contributed by atoms with E-state index >= 15 is 0 Å². The summed E-state index contributed by atoms with van der Waals surface area (Å²) < 4.78 is 16.1. The van der Waals surface area contributed by atoms with Gasteiger partial charge in [-0.05, 0) is 26.8 Å². The molecule has 1 aromatic rings. The number of morpholine rings is 1. The van der Waals surface area contributed by atoms with Crippen LogP contribution >= 0.6 is 0 Å². The Morgan fingerprint density at radius 2 is 2.15 bits per heavy atom. The lowest BCUT2D eigenvalue weighted by Crippen LogP contribution is -2.53. The lowest BCUT2D eigenvalue weighted by molar-refractivity contribution is -0.384. The largest absolute Gasteiger partial charge is 0.444 e. The molecular formula is C17H19N3O7. The quantitative estimate of drug-likeness (QED) is 0.482. The molecule has 10 heteroatoms. The number of nitro benzene ring substituents is 1. The summed E-state index contributed by atoms with van der Waals surface area (Å²) in [7, 11) is 1.38. The lowest BCUT2D eigenvalue weighted by Gasteiger charge is -2.31. The summed E-state index contributed by atoms with van der Waals surface area (Å²) >= 11 is 0. The van der Waals surface area contributed by atoms with Gasteiger partial charge in [-0.2, -0.15) is 0 Å². The van der Waals surface area contributed by atoms with E-state index in [0.29, 0.717) is 6.54 Å². The molecule has 3 aliphatic heterocycles. The Morgan fingerprint density at radius 1 is 1.44 bits per heavy atom. The normalized spacial score (nSPS) is 27.7. The number of methoxy groups -OCH3 is 1. The standard InChI is InChI=1S/C17H19N3O7/c1-16(2,3)27-15(22)18-8-5-9-12(10(6-8)20(23)24)19-7-11-14(26-11)17(19,25-4)13(9)21/h5-6,11,14H,7H2,1-4H3,(H,18,22)/t11-,14-,17+/m1/s1. The number of nitrogens with zero attached hydrogens (tertiary/aromatic N) is 2. The number of nitrogens with one attached hydrogen (secondary N) is 1. The molecule has 3 heterocycles. The van der Waals surface area contributed by atoms with Crippen LogP contribution in [0.4, 0.5) is 21.9 Å². The highest BCUT2D eigenvalue weighted by Crippen LogP contribution is 2.56. The minimum atomic E-state index is -1.39. The van der Waals surface area contributed by atoms with Gasteiger partial charge in [-0.1, -0.05) is 0 Å². The van der Waals surface area contributed by atoms with Crippen LogP contribution in [-0.2, 0) is 14.2 Å². The van der Waals surface area contributed by atoms with Crippen molar-refractivity contribution >= 4 is 28.9 Å². The number of anilines is 2. The number of epoxide rings is 1. The maximum absolute atomic E-state index is 13.1. The van der Waals surface area contributed by atoms with Crippen LogP contribution in [0.2, 0.25) is 0 Å². The fourth-order valence-corrected chi connectivity index (χ4v) is 3.82. The molecule has 0 saturated carbocycles. The number of carbonyl (C=O) groups excluding carboxylic acids is 2. The number of ketones is 1. The number of fused-ring (bicyclic) bond motifs is 5. The van der Waals surface area contributed by atoms with Crippen LogP contribution in [0, 0.1) is 10.1 Å². The molecule has 0 aromatic heterocycles. The number of hydrogen-bond acceptors (Lipinski definition) is 8. The van der Waals surface area contributed by atoms with Gasteiger partial charge >= 0.3 is 6.09 Å². The average Bonchev–Trinajstić information content (AvgIpc) is 3.18. The van der Waals surface area contributed by atoms with E-state index in [1.165, 1.54) is 19.2 Å². The molecule has 2 fully saturated rings. The average molecular weight is 377 g/mol. The van der Waals surface area contributed by atoms with Crippen molar-refractivity contribution in [1.82, 2.24) is 0 Å². The van der Waals surface area contributed by atoms with Crippen LogP contribution in [0.1, 0.15) is 31.1 Å². The second-order valence-corrected chi connectivity index (χ2v) is 7.71. The molecule has 0 aliphatic carbocycles. The summed E-state index contributed by atoms with van der Waals surface area (Å²) in [4.78, 5) is 37.8. The van der Waals surface area contributed by atoms with Crippen LogP contribution in [0.3, 0.4) is 0 Å². The van der Waals surface area contributed by atoms with Gasteiger partial charge in [0.1, 0.15) is 23.5 Å². The Kier molecular flexibility index (Phi) is 3.53. The highest BCUT2D eigenvalue weighted by molar-refractivity contribution is 6.17. The Hall–Kier alpha value is -2.72. The molecule has 0 unspecified atom stereocenters. The van der Waals surface area contributed by atoms with E-state index in [-0.39, 0.29) is 28.7 Å². The first-order valence-electron chi connectivity index (χ1n) is 8.44. The van der Waals surface area contributed by atoms with Crippen molar-refractivity contribution < 1.29 is 28.7 Å². The van der Waals surface area contributed by atoms with Gasteiger partial charge in [0, 0.05) is 13.2 Å². The number of ether oxygens (including phenoxy) is 3. The molecule has 4 rings (SSSR count). The minimum Gasteiger partial charge on any atom is -0.444 e. The van der Waals surface area contributed by atoms with E-state index < -0.39 is 34.2 Å². The molecule has 27 heavy (non-hydrogen) atoms. The van der Waals surface area contributed by atoms with Crippen molar-refractivity contribution in [2.24, 2.45) is 0 Å². The van der Waals surface area contributed by atoms with Crippen LogP contribution in [0.5, 0.6) is 0 Å². The number of carbonyl (C=O) groups is 2. The molecule has 3 aliphatic rings. The topological polar surface area (TPSA) is 124 Å². The van der Waals surface area contributed by atoms with E-state index in [2.05, 4.69) is 5.32 Å². The lowest BCUT2D eigenvalue weighted by atomic mass is 10.0. The zero-order valence-corrected chi connectivity index (χ0v) is 15.3. The number of hydrogen-bond donors (Lipinski definition) is 1. The van der Waals surface area contributed by atoms with Gasteiger partial charge in [0.05, 0.1) is 22.7 Å². The first-order valence-corrected chi connectivity index (χ1v) is 8.44. The first-order chi connectivity index (χ1) is 12.6. The van der Waals surface area contributed by atoms with Crippen molar-refractivity contribution in [3.63, 3.8) is 0 Å². The smallest absolute Gasteiger partial charge is 0.412 e. The van der Waals surface area contributed by atoms with Gasteiger partial charge in [-0.3, -0.25) is 20.2 Å². The Bertz CT molecular complexity index is 878. The number of amides is 1. The summed E-state index contributed by atoms with van der Waals surface area (Å²) in [5.41, 5.74) is -1.99. The third kappa shape index (κ3) is 2.47. The van der Waals surface area contributed by atoms with Crippen molar-refractivity contribution in [2.75, 3.05) is 23.9 Å². The maximum Gasteiger partial charge on any atom is 0.412 e. The Balaban J connectivity index is 1.75. The number of nitro groups is 1.